The van der Waals surface area contributed by atoms with Crippen LogP contribution in [0.4, 0.5) is 0 Å². The van der Waals surface area contributed by atoms with Gasteiger partial charge < -0.3 is 5.11 Å². The van der Waals surface area contributed by atoms with Crippen molar-refractivity contribution in [1.82, 2.24) is 0 Å². The molecule has 0 spiro atoms. The monoisotopic (exact) mass is 123 g/mol. The van der Waals surface area contributed by atoms with Crippen LogP contribution >= 0.6 is 0 Å². The Morgan fingerprint density at radius 3 is 2.56 bits per heavy atom. The highest BCUT2D eigenvalue weighted by Crippen LogP contribution is 2.14. The van der Waals surface area contributed by atoms with Gasteiger partial charge in [-0.05, 0) is 30.7 Å². The highest BCUT2D eigenvalue weighted by atomic mass is 16.3. The number of allylic oxidation sites excluding steroid dienone is 2. The van der Waals surface area contributed by atoms with Gasteiger partial charge in [-0.1, -0.05) is 0 Å². The Morgan fingerprint density at radius 2 is 2.11 bits per heavy atom. The van der Waals surface area contributed by atoms with Crippen molar-refractivity contribution in [2.45, 2.75) is 6.92 Å². The number of carbonyl (C=O) groups is 1. The van der Waals surface area contributed by atoms with Crippen molar-refractivity contribution >= 4 is 5.78 Å². The predicted octanol–water partition coefficient (Wildman–Crippen LogP) is 0.976. The van der Waals surface area contributed by atoms with Crippen LogP contribution in [-0.2, 0) is 4.79 Å². The standard InChI is InChI=1S/C7H7O2/c1-5-4-6(8)2-3-7(5)9/h2-4,9H,1H3. The van der Waals surface area contributed by atoms with Gasteiger partial charge in [0.2, 0.25) is 0 Å². The summed E-state index contributed by atoms with van der Waals surface area (Å²) in [4.78, 5) is 10.5. The third-order valence-corrected chi connectivity index (χ3v) is 1.17. The molecule has 0 fully saturated rings. The van der Waals surface area contributed by atoms with E-state index in [1.807, 2.05) is 0 Å². The quantitative estimate of drug-likeness (QED) is 0.521. The molecule has 0 amide bonds. The van der Waals surface area contributed by atoms with E-state index in [1.165, 1.54) is 18.2 Å². The first-order valence-electron chi connectivity index (χ1n) is 2.67. The maximum atomic E-state index is 10.5. The van der Waals surface area contributed by atoms with Gasteiger partial charge in [0.15, 0.2) is 5.78 Å². The first kappa shape index (κ1) is 6.23. The number of hydrogen-bond donors (Lipinski definition) is 1. The molecule has 1 N–H and O–H groups in total. The summed E-state index contributed by atoms with van der Waals surface area (Å²) < 4.78 is 0. The van der Waals surface area contributed by atoms with Gasteiger partial charge in [0.05, 0.1) is 0 Å². The van der Waals surface area contributed by atoms with E-state index in [-0.39, 0.29) is 11.9 Å². The molecule has 0 unspecified atom stereocenters. The largest absolute Gasteiger partial charge is 0.378 e. The molecule has 0 aromatic heterocycles. The first-order chi connectivity index (χ1) is 4.20. The van der Waals surface area contributed by atoms with Crippen LogP contribution in [0.2, 0.25) is 0 Å². The Bertz CT molecular complexity index is 189. The van der Waals surface area contributed by atoms with E-state index in [0.717, 1.165) is 0 Å². The summed E-state index contributed by atoms with van der Waals surface area (Å²) in [5.41, 5.74) is 0.627. The highest BCUT2D eigenvalue weighted by molar-refractivity contribution is 6.01. The fourth-order valence-electron chi connectivity index (χ4n) is 0.628. The number of carbonyl (C=O) groups excluding carboxylic acids is 1. The Morgan fingerprint density at radius 1 is 1.44 bits per heavy atom. The smallest absolute Gasteiger partial charge is 0.178 e. The minimum atomic E-state index is -0.0645. The molecule has 9 heavy (non-hydrogen) atoms. The van der Waals surface area contributed by atoms with Crippen molar-refractivity contribution in [3.63, 3.8) is 0 Å². The number of rotatable bonds is 0. The maximum Gasteiger partial charge on any atom is 0.178 e. The van der Waals surface area contributed by atoms with Gasteiger partial charge in [0, 0.05) is 0 Å². The predicted molar refractivity (Wildman–Crippen MR) is 33.1 cm³/mol. The zero-order valence-corrected chi connectivity index (χ0v) is 5.09. The molecule has 1 aliphatic carbocycles. The van der Waals surface area contributed by atoms with E-state index in [0.29, 0.717) is 5.57 Å². The summed E-state index contributed by atoms with van der Waals surface area (Å²) in [6.45, 7) is 1.69. The number of hydrogen-bond acceptors (Lipinski definition) is 2. The molecule has 2 heteroatoms. The van der Waals surface area contributed by atoms with Crippen LogP contribution in [0.3, 0.4) is 0 Å². The van der Waals surface area contributed by atoms with Crippen LogP contribution in [0, 0.1) is 6.10 Å². The van der Waals surface area contributed by atoms with Crippen LogP contribution in [0.1, 0.15) is 6.92 Å². The van der Waals surface area contributed by atoms with Crippen LogP contribution in [-0.4, -0.2) is 10.9 Å². The molecule has 0 saturated heterocycles. The average Bonchev–Trinajstić information content (AvgIpc) is 1.80. The van der Waals surface area contributed by atoms with Gasteiger partial charge in [-0.15, -0.1) is 0 Å². The third kappa shape index (κ3) is 1.27. The minimum absolute atomic E-state index is 0.0645. The van der Waals surface area contributed by atoms with Gasteiger partial charge in [-0.2, -0.15) is 0 Å². The van der Waals surface area contributed by atoms with Gasteiger partial charge in [0.25, 0.3) is 0 Å². The van der Waals surface area contributed by atoms with E-state index in [2.05, 4.69) is 0 Å². The Labute approximate surface area is 53.5 Å². The summed E-state index contributed by atoms with van der Waals surface area (Å²) >= 11 is 0. The lowest BCUT2D eigenvalue weighted by atomic mass is 10.0. The summed E-state index contributed by atoms with van der Waals surface area (Å²) in [7, 11) is 0. The lowest BCUT2D eigenvalue weighted by Crippen LogP contribution is -2.02. The molecule has 1 radical (unpaired) electrons. The maximum absolute atomic E-state index is 10.5. The zero-order valence-electron chi connectivity index (χ0n) is 5.09. The summed E-state index contributed by atoms with van der Waals surface area (Å²) in [6, 6.07) is 0. The molecule has 0 atom stereocenters. The van der Waals surface area contributed by atoms with Crippen molar-refractivity contribution in [3.8, 4) is 0 Å². The second kappa shape index (κ2) is 2.15. The van der Waals surface area contributed by atoms with Crippen molar-refractivity contribution in [2.75, 3.05) is 0 Å². The molecule has 1 aliphatic rings. The highest BCUT2D eigenvalue weighted by Gasteiger charge is 2.09. The van der Waals surface area contributed by atoms with Crippen LogP contribution < -0.4 is 0 Å². The van der Waals surface area contributed by atoms with Crippen molar-refractivity contribution in [3.05, 3.63) is 29.9 Å². The van der Waals surface area contributed by atoms with Gasteiger partial charge in [-0.3, -0.25) is 4.79 Å². The molecule has 47 valence electrons. The lowest BCUT2D eigenvalue weighted by Gasteiger charge is -2.06. The summed E-state index contributed by atoms with van der Waals surface area (Å²) in [6.07, 6.45) is 4.31. The second-order valence-electron chi connectivity index (χ2n) is 1.95. The molecule has 0 saturated carbocycles. The summed E-state index contributed by atoms with van der Waals surface area (Å²) in [5, 5.41) is 8.90. The van der Waals surface area contributed by atoms with Crippen LogP contribution in [0.5, 0.6) is 0 Å². The van der Waals surface area contributed by atoms with Crippen LogP contribution in [0.25, 0.3) is 0 Å². The lowest BCUT2D eigenvalue weighted by molar-refractivity contribution is -0.110. The fourth-order valence-corrected chi connectivity index (χ4v) is 0.628. The molecule has 0 bridgehead atoms. The van der Waals surface area contributed by atoms with Crippen molar-refractivity contribution < 1.29 is 9.90 Å². The van der Waals surface area contributed by atoms with Gasteiger partial charge in [-0.25, -0.2) is 0 Å². The average molecular weight is 123 g/mol. The molecular formula is C7H7O2. The number of aliphatic hydroxyl groups excluding tert-OH is 1. The van der Waals surface area contributed by atoms with Gasteiger partial charge >= 0.3 is 0 Å². The molecule has 0 aliphatic heterocycles. The SMILES string of the molecule is CC1=CC(=O)C=C[C]1O. The van der Waals surface area contributed by atoms with E-state index in [1.54, 1.807) is 6.92 Å². The van der Waals surface area contributed by atoms with Crippen molar-refractivity contribution in [1.29, 1.82) is 0 Å². The zero-order chi connectivity index (χ0) is 6.85. The molecule has 0 aromatic carbocycles. The topological polar surface area (TPSA) is 37.3 Å². The Balaban J connectivity index is 2.82. The van der Waals surface area contributed by atoms with E-state index >= 15 is 0 Å². The minimum Gasteiger partial charge on any atom is -0.378 e. The molecule has 0 aromatic rings. The molecular weight excluding hydrogens is 116 g/mol. The second-order valence-corrected chi connectivity index (χ2v) is 1.95. The van der Waals surface area contributed by atoms with Crippen LogP contribution in [0.15, 0.2) is 23.8 Å². The van der Waals surface area contributed by atoms with Gasteiger partial charge in [0.1, 0.15) is 6.10 Å². The third-order valence-electron chi connectivity index (χ3n) is 1.17. The van der Waals surface area contributed by atoms with E-state index in [9.17, 15) is 4.79 Å². The molecule has 2 nitrogen and oxygen atoms in total. The first-order valence-corrected chi connectivity index (χ1v) is 2.67. The van der Waals surface area contributed by atoms with E-state index in [4.69, 9.17) is 5.11 Å². The molecule has 1 rings (SSSR count). The fraction of sp³-hybridized carbons (Fsp3) is 0.143. The number of aliphatic hydroxyl groups is 1. The molecule has 0 heterocycles. The summed E-state index contributed by atoms with van der Waals surface area (Å²) in [5.74, 6) is -0.0645. The number of ketones is 1. The van der Waals surface area contributed by atoms with Crippen molar-refractivity contribution in [2.24, 2.45) is 0 Å². The Kier molecular flexibility index (Phi) is 1.49. The normalized spacial score (nSPS) is 20.2. The van der Waals surface area contributed by atoms with E-state index < -0.39 is 0 Å². The Hall–Kier alpha value is -0.890.